The van der Waals surface area contributed by atoms with E-state index in [9.17, 15) is 14.4 Å². The van der Waals surface area contributed by atoms with Crippen LogP contribution >= 0.6 is 11.3 Å². The molecule has 1 aliphatic rings. The smallest absolute Gasteiger partial charge is 0.335 e. The molecule has 1 aliphatic heterocycles. The Morgan fingerprint density at radius 3 is 2.48 bits per heavy atom. The molecule has 2 amide bonds. The van der Waals surface area contributed by atoms with Crippen molar-refractivity contribution in [2.24, 2.45) is 0 Å². The first-order chi connectivity index (χ1) is 11.1. The summed E-state index contributed by atoms with van der Waals surface area (Å²) < 4.78 is 0. The molecular formula is C16H14N2O4S. The van der Waals surface area contributed by atoms with Gasteiger partial charge in [0.25, 0.3) is 5.91 Å². The molecule has 2 N–H and O–H groups in total. The topological polar surface area (TPSA) is 86.7 Å². The quantitative estimate of drug-likeness (QED) is 0.898. The zero-order chi connectivity index (χ0) is 16.4. The molecular weight excluding hydrogens is 316 g/mol. The average Bonchev–Trinajstić information content (AvgIpc) is 3.08. The van der Waals surface area contributed by atoms with E-state index in [2.05, 4.69) is 5.32 Å². The summed E-state index contributed by atoms with van der Waals surface area (Å²) in [5, 5.41) is 13.6. The summed E-state index contributed by atoms with van der Waals surface area (Å²) in [6.07, 6.45) is 0. The Labute approximate surface area is 136 Å². The van der Waals surface area contributed by atoms with Gasteiger partial charge in [-0.2, -0.15) is 0 Å². The Kier molecular flexibility index (Phi) is 4.12. The molecule has 6 nitrogen and oxygen atoms in total. The van der Waals surface area contributed by atoms with E-state index < -0.39 is 12.0 Å². The van der Waals surface area contributed by atoms with Gasteiger partial charge < -0.3 is 15.3 Å². The van der Waals surface area contributed by atoms with Crippen LogP contribution in [0.2, 0.25) is 0 Å². The largest absolute Gasteiger partial charge is 0.478 e. The van der Waals surface area contributed by atoms with E-state index in [1.807, 2.05) is 17.5 Å². The zero-order valence-electron chi connectivity index (χ0n) is 12.1. The van der Waals surface area contributed by atoms with Gasteiger partial charge in [0, 0.05) is 23.5 Å². The van der Waals surface area contributed by atoms with E-state index >= 15 is 0 Å². The van der Waals surface area contributed by atoms with E-state index in [0.29, 0.717) is 18.7 Å². The number of hydrogen-bond donors (Lipinski definition) is 2. The van der Waals surface area contributed by atoms with Crippen molar-refractivity contribution < 1.29 is 19.5 Å². The lowest BCUT2D eigenvalue weighted by atomic mass is 10.1. The monoisotopic (exact) mass is 330 g/mol. The number of benzene rings is 1. The molecule has 1 aromatic carbocycles. The molecule has 2 heterocycles. The zero-order valence-corrected chi connectivity index (χ0v) is 12.9. The first-order valence-corrected chi connectivity index (χ1v) is 7.91. The fourth-order valence-corrected chi connectivity index (χ4v) is 3.37. The van der Waals surface area contributed by atoms with Gasteiger partial charge in [-0.15, -0.1) is 11.3 Å². The van der Waals surface area contributed by atoms with Crippen molar-refractivity contribution in [2.75, 3.05) is 13.1 Å². The highest BCUT2D eigenvalue weighted by molar-refractivity contribution is 7.10. The molecule has 0 saturated carbocycles. The molecule has 0 bridgehead atoms. The van der Waals surface area contributed by atoms with Crippen molar-refractivity contribution in [3.05, 3.63) is 57.8 Å². The molecule has 3 rings (SSSR count). The highest BCUT2D eigenvalue weighted by Crippen LogP contribution is 2.28. The van der Waals surface area contributed by atoms with Gasteiger partial charge in [0.1, 0.15) is 6.04 Å². The van der Waals surface area contributed by atoms with Crippen molar-refractivity contribution in [3.8, 4) is 0 Å². The highest BCUT2D eigenvalue weighted by Gasteiger charge is 2.35. The molecule has 2 aromatic rings. The normalized spacial score (nSPS) is 17.7. The minimum atomic E-state index is -1.04. The number of piperazine rings is 1. The minimum absolute atomic E-state index is 0.118. The van der Waals surface area contributed by atoms with Crippen molar-refractivity contribution in [2.45, 2.75) is 6.04 Å². The van der Waals surface area contributed by atoms with Crippen LogP contribution in [0, 0.1) is 0 Å². The maximum absolute atomic E-state index is 12.7. The average molecular weight is 330 g/mol. The molecule has 7 heteroatoms. The predicted molar refractivity (Wildman–Crippen MR) is 84.5 cm³/mol. The first kappa shape index (κ1) is 15.2. The number of carbonyl (C=O) groups is 3. The van der Waals surface area contributed by atoms with E-state index in [-0.39, 0.29) is 17.4 Å². The van der Waals surface area contributed by atoms with E-state index in [0.717, 1.165) is 4.88 Å². The van der Waals surface area contributed by atoms with Gasteiger partial charge in [-0.25, -0.2) is 4.79 Å². The first-order valence-electron chi connectivity index (χ1n) is 7.03. The SMILES string of the molecule is O=C(O)c1ccc(C(=O)N2CCNC(=O)[C@H]2c2cccs2)cc1. The fourth-order valence-electron chi connectivity index (χ4n) is 2.54. The summed E-state index contributed by atoms with van der Waals surface area (Å²) in [6, 6.07) is 8.75. The molecule has 1 fully saturated rings. The summed E-state index contributed by atoms with van der Waals surface area (Å²) in [6.45, 7) is 0.813. The molecule has 1 atom stereocenters. The number of aromatic carboxylic acids is 1. The Balaban J connectivity index is 1.89. The van der Waals surface area contributed by atoms with Gasteiger partial charge in [0.2, 0.25) is 5.91 Å². The molecule has 1 aromatic heterocycles. The van der Waals surface area contributed by atoms with Crippen LogP contribution in [0.15, 0.2) is 41.8 Å². The summed E-state index contributed by atoms with van der Waals surface area (Å²) >= 11 is 1.42. The minimum Gasteiger partial charge on any atom is -0.478 e. The lowest BCUT2D eigenvalue weighted by molar-refractivity contribution is -0.127. The third-order valence-electron chi connectivity index (χ3n) is 3.66. The molecule has 118 valence electrons. The third kappa shape index (κ3) is 2.95. The maximum Gasteiger partial charge on any atom is 0.335 e. The number of hydrogen-bond acceptors (Lipinski definition) is 4. The molecule has 1 saturated heterocycles. The molecule has 0 unspecified atom stereocenters. The Bertz CT molecular complexity index is 740. The number of amides is 2. The van der Waals surface area contributed by atoms with Crippen LogP contribution in [0.3, 0.4) is 0 Å². The maximum atomic E-state index is 12.7. The van der Waals surface area contributed by atoms with Crippen LogP contribution in [-0.4, -0.2) is 40.9 Å². The van der Waals surface area contributed by atoms with Crippen LogP contribution in [0.4, 0.5) is 0 Å². The van der Waals surface area contributed by atoms with Crippen molar-refractivity contribution in [1.82, 2.24) is 10.2 Å². The number of carbonyl (C=O) groups excluding carboxylic acids is 2. The summed E-state index contributed by atoms with van der Waals surface area (Å²) in [7, 11) is 0. The Morgan fingerprint density at radius 2 is 1.87 bits per heavy atom. The molecule has 0 spiro atoms. The molecule has 0 radical (unpaired) electrons. The molecule has 23 heavy (non-hydrogen) atoms. The summed E-state index contributed by atoms with van der Waals surface area (Å²) in [5.74, 6) is -1.53. The van der Waals surface area contributed by atoms with Gasteiger partial charge >= 0.3 is 5.97 Å². The summed E-state index contributed by atoms with van der Waals surface area (Å²) in [5.41, 5.74) is 0.485. The van der Waals surface area contributed by atoms with Crippen LogP contribution in [0.1, 0.15) is 31.6 Å². The second kappa shape index (κ2) is 6.21. The van der Waals surface area contributed by atoms with E-state index in [4.69, 9.17) is 5.11 Å². The van der Waals surface area contributed by atoms with Crippen molar-refractivity contribution in [3.63, 3.8) is 0 Å². The van der Waals surface area contributed by atoms with E-state index in [1.54, 1.807) is 0 Å². The highest BCUT2D eigenvalue weighted by atomic mass is 32.1. The van der Waals surface area contributed by atoms with Gasteiger partial charge in [0.05, 0.1) is 5.56 Å². The third-order valence-corrected chi connectivity index (χ3v) is 4.59. The molecule has 0 aliphatic carbocycles. The van der Waals surface area contributed by atoms with Crippen LogP contribution < -0.4 is 5.32 Å². The number of thiophene rings is 1. The van der Waals surface area contributed by atoms with Gasteiger partial charge in [-0.1, -0.05) is 6.07 Å². The summed E-state index contributed by atoms with van der Waals surface area (Å²) in [4.78, 5) is 38.2. The van der Waals surface area contributed by atoms with Crippen LogP contribution in [-0.2, 0) is 4.79 Å². The van der Waals surface area contributed by atoms with E-state index in [1.165, 1.54) is 40.5 Å². The van der Waals surface area contributed by atoms with Crippen molar-refractivity contribution >= 4 is 29.1 Å². The Hall–Kier alpha value is -2.67. The van der Waals surface area contributed by atoms with Crippen LogP contribution in [0.5, 0.6) is 0 Å². The van der Waals surface area contributed by atoms with Gasteiger partial charge in [-0.3, -0.25) is 9.59 Å². The predicted octanol–water partition coefficient (Wildman–Crippen LogP) is 1.76. The number of nitrogens with zero attached hydrogens (tertiary/aromatic N) is 1. The number of rotatable bonds is 3. The van der Waals surface area contributed by atoms with Gasteiger partial charge in [0.15, 0.2) is 0 Å². The number of nitrogens with one attached hydrogen (secondary N) is 1. The fraction of sp³-hybridized carbons (Fsp3) is 0.188. The second-order valence-electron chi connectivity index (χ2n) is 5.09. The number of carboxylic acid groups (broad SMARTS) is 1. The lowest BCUT2D eigenvalue weighted by Crippen LogP contribution is -2.51. The second-order valence-corrected chi connectivity index (χ2v) is 6.07. The lowest BCUT2D eigenvalue weighted by Gasteiger charge is -2.34. The van der Waals surface area contributed by atoms with Crippen LogP contribution in [0.25, 0.3) is 0 Å². The van der Waals surface area contributed by atoms with Crippen molar-refractivity contribution in [1.29, 1.82) is 0 Å². The number of carboxylic acids is 1. The standard InChI is InChI=1S/C16H14N2O4S/c19-14-13(12-2-1-9-23-12)18(8-7-17-14)15(20)10-3-5-11(6-4-10)16(21)22/h1-6,9,13H,7-8H2,(H,17,19)(H,21,22)/t13-/m1/s1. The Morgan fingerprint density at radius 1 is 1.17 bits per heavy atom. The van der Waals surface area contributed by atoms with Gasteiger partial charge in [-0.05, 0) is 35.7 Å².